The van der Waals surface area contributed by atoms with Crippen molar-refractivity contribution < 1.29 is 9.15 Å². The largest absolute Gasteiger partial charge is 0.501 e. The predicted octanol–water partition coefficient (Wildman–Crippen LogP) is 4.45. The van der Waals surface area contributed by atoms with Gasteiger partial charge in [-0.25, -0.2) is 0 Å². The van der Waals surface area contributed by atoms with Crippen LogP contribution in [0.5, 0.6) is 0 Å². The maximum Gasteiger partial charge on any atom is 0.203 e. The Hall–Kier alpha value is -2.16. The van der Waals surface area contributed by atoms with Crippen molar-refractivity contribution in [2.24, 2.45) is 0 Å². The fourth-order valence-corrected chi connectivity index (χ4v) is 2.16. The molecule has 0 amide bonds. The number of allylic oxidation sites excluding steroid dienone is 2. The van der Waals surface area contributed by atoms with Crippen molar-refractivity contribution in [1.82, 2.24) is 0 Å². The van der Waals surface area contributed by atoms with Gasteiger partial charge in [0.25, 0.3) is 0 Å². The number of hydrogen-bond acceptors (Lipinski definition) is 3. The molecule has 0 saturated carbocycles. The molecule has 3 heteroatoms. The molecule has 3 nitrogen and oxygen atoms in total. The van der Waals surface area contributed by atoms with Crippen molar-refractivity contribution in [3.05, 3.63) is 48.4 Å². The van der Waals surface area contributed by atoms with Gasteiger partial charge in [0, 0.05) is 37.4 Å². The monoisotopic (exact) mass is 271 g/mol. The fourth-order valence-electron chi connectivity index (χ4n) is 2.16. The van der Waals surface area contributed by atoms with Gasteiger partial charge in [-0.3, -0.25) is 0 Å². The zero-order valence-electron chi connectivity index (χ0n) is 12.3. The Labute approximate surface area is 120 Å². The lowest BCUT2D eigenvalue weighted by atomic mass is 10.1. The van der Waals surface area contributed by atoms with Gasteiger partial charge in [0.15, 0.2) is 0 Å². The molecular weight excluding hydrogens is 250 g/mol. The third-order valence-corrected chi connectivity index (χ3v) is 3.18. The highest BCUT2D eigenvalue weighted by Gasteiger charge is 2.13. The maximum atomic E-state index is 5.98. The second-order valence-electron chi connectivity index (χ2n) is 4.85. The normalized spacial score (nSPS) is 11.7. The molecule has 2 aromatic rings. The SMILES string of the molecule is C=CCC/C(=C\c1oc(N(C)C)c2ccccc12)OC. The van der Waals surface area contributed by atoms with E-state index in [0.29, 0.717) is 0 Å². The summed E-state index contributed by atoms with van der Waals surface area (Å²) in [6.45, 7) is 3.74. The van der Waals surface area contributed by atoms with Gasteiger partial charge in [0.2, 0.25) is 5.88 Å². The third-order valence-electron chi connectivity index (χ3n) is 3.18. The molecule has 0 aliphatic heterocycles. The first-order chi connectivity index (χ1) is 9.67. The van der Waals surface area contributed by atoms with Crippen LogP contribution in [0, 0.1) is 0 Å². The quantitative estimate of drug-likeness (QED) is 0.573. The molecule has 1 aromatic heterocycles. The molecule has 106 valence electrons. The van der Waals surface area contributed by atoms with E-state index in [2.05, 4.69) is 18.7 Å². The van der Waals surface area contributed by atoms with Gasteiger partial charge in [-0.05, 0) is 12.5 Å². The van der Waals surface area contributed by atoms with Crippen molar-refractivity contribution >= 4 is 22.7 Å². The summed E-state index contributed by atoms with van der Waals surface area (Å²) >= 11 is 0. The van der Waals surface area contributed by atoms with Crippen LogP contribution in [-0.4, -0.2) is 21.2 Å². The van der Waals surface area contributed by atoms with Crippen molar-refractivity contribution in [1.29, 1.82) is 0 Å². The minimum absolute atomic E-state index is 0.826. The van der Waals surface area contributed by atoms with Gasteiger partial charge in [0.05, 0.1) is 12.9 Å². The smallest absolute Gasteiger partial charge is 0.203 e. The number of ether oxygens (including phenoxy) is 1. The molecular formula is C17H21NO2. The Morgan fingerprint density at radius 2 is 2.00 bits per heavy atom. The molecule has 0 spiro atoms. The van der Waals surface area contributed by atoms with E-state index < -0.39 is 0 Å². The zero-order chi connectivity index (χ0) is 14.5. The van der Waals surface area contributed by atoms with Crippen LogP contribution < -0.4 is 4.90 Å². The van der Waals surface area contributed by atoms with Crippen molar-refractivity contribution in [2.45, 2.75) is 12.8 Å². The first kappa shape index (κ1) is 14.3. The fraction of sp³-hybridized carbons (Fsp3) is 0.294. The number of fused-ring (bicyclic) bond motifs is 1. The molecule has 0 atom stereocenters. The second-order valence-corrected chi connectivity index (χ2v) is 4.85. The number of methoxy groups -OCH3 is 1. The highest BCUT2D eigenvalue weighted by Crippen LogP contribution is 2.33. The van der Waals surface area contributed by atoms with E-state index in [1.807, 2.05) is 43.3 Å². The number of nitrogens with zero attached hydrogens (tertiary/aromatic N) is 1. The van der Waals surface area contributed by atoms with E-state index in [1.165, 1.54) is 0 Å². The second kappa shape index (κ2) is 6.33. The predicted molar refractivity (Wildman–Crippen MR) is 85.0 cm³/mol. The number of furan rings is 1. The standard InChI is InChI=1S/C17H21NO2/c1-5-6-9-13(19-4)12-16-14-10-7-8-11-15(14)17(20-16)18(2)3/h5,7-8,10-12H,1,6,9H2,2-4H3/b13-12+. The summed E-state index contributed by atoms with van der Waals surface area (Å²) in [5.74, 6) is 2.60. The average molecular weight is 271 g/mol. The molecule has 2 rings (SSSR count). The lowest BCUT2D eigenvalue weighted by molar-refractivity contribution is 0.281. The Bertz CT molecular complexity index is 623. The molecule has 0 unspecified atom stereocenters. The van der Waals surface area contributed by atoms with Crippen LogP contribution in [0.3, 0.4) is 0 Å². The summed E-state index contributed by atoms with van der Waals surface area (Å²) in [7, 11) is 5.65. The van der Waals surface area contributed by atoms with E-state index in [0.717, 1.165) is 41.0 Å². The van der Waals surface area contributed by atoms with Crippen LogP contribution in [0.4, 0.5) is 5.88 Å². The molecule has 0 aliphatic rings. The summed E-state index contributed by atoms with van der Waals surface area (Å²) in [5, 5.41) is 2.22. The minimum atomic E-state index is 0.826. The van der Waals surface area contributed by atoms with Crippen LogP contribution in [-0.2, 0) is 4.74 Å². The topological polar surface area (TPSA) is 25.6 Å². The first-order valence-corrected chi connectivity index (χ1v) is 6.71. The Kier molecular flexibility index (Phi) is 4.51. The Morgan fingerprint density at radius 1 is 1.30 bits per heavy atom. The van der Waals surface area contributed by atoms with Gasteiger partial charge >= 0.3 is 0 Å². The molecule has 0 fully saturated rings. The summed E-state index contributed by atoms with van der Waals surface area (Å²) < 4.78 is 11.4. The molecule has 0 saturated heterocycles. The van der Waals surface area contributed by atoms with Crippen LogP contribution in [0.1, 0.15) is 18.6 Å². The van der Waals surface area contributed by atoms with Gasteiger partial charge in [-0.2, -0.15) is 0 Å². The summed E-state index contributed by atoms with van der Waals surface area (Å²) in [6.07, 6.45) is 5.57. The molecule has 0 radical (unpaired) electrons. The molecule has 20 heavy (non-hydrogen) atoms. The van der Waals surface area contributed by atoms with Gasteiger partial charge in [-0.1, -0.05) is 24.3 Å². The molecule has 1 aromatic carbocycles. The zero-order valence-corrected chi connectivity index (χ0v) is 12.3. The number of benzene rings is 1. The van der Waals surface area contributed by atoms with E-state index >= 15 is 0 Å². The van der Waals surface area contributed by atoms with Crippen molar-refractivity contribution in [2.75, 3.05) is 26.1 Å². The highest BCUT2D eigenvalue weighted by molar-refractivity contribution is 5.97. The van der Waals surface area contributed by atoms with Crippen LogP contribution in [0.25, 0.3) is 16.8 Å². The Morgan fingerprint density at radius 3 is 2.60 bits per heavy atom. The van der Waals surface area contributed by atoms with E-state index in [4.69, 9.17) is 9.15 Å². The average Bonchev–Trinajstić information content (AvgIpc) is 2.82. The number of hydrogen-bond donors (Lipinski definition) is 0. The lowest BCUT2D eigenvalue weighted by Crippen LogP contribution is -2.07. The summed E-state index contributed by atoms with van der Waals surface area (Å²) in [4.78, 5) is 1.98. The molecule has 1 heterocycles. The number of rotatable bonds is 6. The van der Waals surface area contributed by atoms with Gasteiger partial charge in [0.1, 0.15) is 5.76 Å². The van der Waals surface area contributed by atoms with Crippen LogP contribution in [0.2, 0.25) is 0 Å². The van der Waals surface area contributed by atoms with Gasteiger partial charge in [-0.15, -0.1) is 6.58 Å². The lowest BCUT2D eigenvalue weighted by Gasteiger charge is -2.07. The summed E-state index contributed by atoms with van der Waals surface area (Å²) in [6, 6.07) is 8.18. The summed E-state index contributed by atoms with van der Waals surface area (Å²) in [5.41, 5.74) is 0. The van der Waals surface area contributed by atoms with Crippen LogP contribution in [0.15, 0.2) is 47.1 Å². The van der Waals surface area contributed by atoms with Crippen molar-refractivity contribution in [3.8, 4) is 0 Å². The van der Waals surface area contributed by atoms with Crippen LogP contribution >= 0.6 is 0 Å². The molecule has 0 bridgehead atoms. The first-order valence-electron chi connectivity index (χ1n) is 6.71. The number of anilines is 1. The molecule has 0 N–H and O–H groups in total. The highest BCUT2D eigenvalue weighted by atomic mass is 16.5. The van der Waals surface area contributed by atoms with E-state index in [1.54, 1.807) is 7.11 Å². The minimum Gasteiger partial charge on any atom is -0.501 e. The van der Waals surface area contributed by atoms with Crippen molar-refractivity contribution in [3.63, 3.8) is 0 Å². The Balaban J connectivity index is 2.48. The van der Waals surface area contributed by atoms with E-state index in [9.17, 15) is 0 Å². The van der Waals surface area contributed by atoms with Gasteiger partial charge < -0.3 is 14.1 Å². The maximum absolute atomic E-state index is 5.98. The molecule has 0 aliphatic carbocycles. The van der Waals surface area contributed by atoms with E-state index in [-0.39, 0.29) is 0 Å². The third kappa shape index (κ3) is 2.87.